The number of carboxylic acids is 2. The summed E-state index contributed by atoms with van der Waals surface area (Å²) in [5.74, 6) is -3.14. The van der Waals surface area contributed by atoms with E-state index in [4.69, 9.17) is 10.2 Å². The van der Waals surface area contributed by atoms with Gasteiger partial charge < -0.3 is 10.2 Å². The highest BCUT2D eigenvalue weighted by molar-refractivity contribution is 5.97. The van der Waals surface area contributed by atoms with Crippen LogP contribution in [0.1, 0.15) is 41.6 Å². The Kier molecular flexibility index (Phi) is 9.44. The molecule has 0 fully saturated rings. The number of Topliss-reactive ketones (excluding diaryl/α,β-unsaturated/α-hetero) is 1. The maximum atomic E-state index is 14.0. The fourth-order valence-corrected chi connectivity index (χ4v) is 3.64. The van der Waals surface area contributed by atoms with E-state index in [1.165, 1.54) is 6.07 Å². The minimum atomic E-state index is -0.957. The van der Waals surface area contributed by atoms with Gasteiger partial charge in [0.15, 0.2) is 5.78 Å². The lowest BCUT2D eigenvalue weighted by Gasteiger charge is -2.09. The molecule has 0 saturated heterocycles. The van der Waals surface area contributed by atoms with E-state index in [2.05, 4.69) is 0 Å². The number of halogens is 1. The molecule has 0 aliphatic heterocycles. The number of carbonyl (C=O) groups excluding carboxylic acids is 1. The van der Waals surface area contributed by atoms with E-state index in [0.29, 0.717) is 16.7 Å². The van der Waals surface area contributed by atoms with Gasteiger partial charge in [0.25, 0.3) is 0 Å². The van der Waals surface area contributed by atoms with E-state index in [1.54, 1.807) is 31.2 Å². The minimum Gasteiger partial charge on any atom is -0.481 e. The summed E-state index contributed by atoms with van der Waals surface area (Å²) >= 11 is 0. The van der Waals surface area contributed by atoms with Crippen LogP contribution in [0.2, 0.25) is 0 Å². The van der Waals surface area contributed by atoms with Crippen LogP contribution in [0.5, 0.6) is 0 Å². The van der Waals surface area contributed by atoms with Gasteiger partial charge in [0.05, 0.1) is 12.3 Å². The summed E-state index contributed by atoms with van der Waals surface area (Å²) in [6, 6.07) is 30.9. The number of rotatable bonds is 8. The molecular weight excluding hydrogens is 471 g/mol. The SMILES string of the molecule is CC(C(=O)O)c1ccc(-c2ccccc2)c(F)c1.O=C(O)CCC(=O)c1ccc(-c2ccccc2)cc1. The van der Waals surface area contributed by atoms with E-state index < -0.39 is 23.7 Å². The van der Waals surface area contributed by atoms with Gasteiger partial charge in [-0.3, -0.25) is 14.4 Å². The Hall–Kier alpha value is -4.58. The third-order valence-electron chi connectivity index (χ3n) is 5.83. The number of carbonyl (C=O) groups is 3. The monoisotopic (exact) mass is 498 g/mol. The number of aliphatic carboxylic acids is 2. The van der Waals surface area contributed by atoms with Crippen LogP contribution in [0.3, 0.4) is 0 Å². The molecular formula is C31H27FO5. The largest absolute Gasteiger partial charge is 0.481 e. The third kappa shape index (κ3) is 7.70. The number of carboxylic acid groups (broad SMARTS) is 2. The van der Waals surface area contributed by atoms with Crippen LogP contribution >= 0.6 is 0 Å². The van der Waals surface area contributed by atoms with Crippen molar-refractivity contribution in [3.05, 3.63) is 120 Å². The highest BCUT2D eigenvalue weighted by Gasteiger charge is 2.16. The first-order chi connectivity index (χ1) is 17.8. The van der Waals surface area contributed by atoms with Crippen LogP contribution in [0, 0.1) is 5.82 Å². The van der Waals surface area contributed by atoms with Crippen LogP contribution in [0.25, 0.3) is 22.3 Å². The Morgan fingerprint density at radius 2 is 1.24 bits per heavy atom. The van der Waals surface area contributed by atoms with Gasteiger partial charge in [-0.25, -0.2) is 4.39 Å². The highest BCUT2D eigenvalue weighted by Crippen LogP contribution is 2.26. The molecule has 37 heavy (non-hydrogen) atoms. The maximum Gasteiger partial charge on any atom is 0.310 e. The second-order valence-electron chi connectivity index (χ2n) is 8.43. The zero-order valence-electron chi connectivity index (χ0n) is 20.3. The molecule has 0 aromatic heterocycles. The second kappa shape index (κ2) is 12.9. The second-order valence-corrected chi connectivity index (χ2v) is 8.43. The maximum absolute atomic E-state index is 14.0. The molecule has 1 unspecified atom stereocenters. The molecule has 4 rings (SSSR count). The molecule has 1 atom stereocenters. The van der Waals surface area contributed by atoms with Gasteiger partial charge in [-0.15, -0.1) is 0 Å². The molecule has 0 aliphatic rings. The summed E-state index contributed by atoms with van der Waals surface area (Å²) in [4.78, 5) is 33.0. The lowest BCUT2D eigenvalue weighted by molar-refractivity contribution is -0.138. The topological polar surface area (TPSA) is 91.7 Å². The van der Waals surface area contributed by atoms with Crippen LogP contribution in [0.4, 0.5) is 4.39 Å². The first-order valence-corrected chi connectivity index (χ1v) is 11.7. The Labute approximate surface area is 214 Å². The predicted octanol–water partition coefficient (Wildman–Crippen LogP) is 7.08. The lowest BCUT2D eigenvalue weighted by atomic mass is 9.97. The van der Waals surface area contributed by atoms with E-state index >= 15 is 0 Å². The van der Waals surface area contributed by atoms with Gasteiger partial charge in [-0.2, -0.15) is 0 Å². The summed E-state index contributed by atoms with van der Waals surface area (Å²) in [6.45, 7) is 1.54. The van der Waals surface area contributed by atoms with Gasteiger partial charge in [-0.1, -0.05) is 97.1 Å². The smallest absolute Gasteiger partial charge is 0.310 e. The van der Waals surface area contributed by atoms with Crippen molar-refractivity contribution in [1.29, 1.82) is 0 Å². The summed E-state index contributed by atoms with van der Waals surface area (Å²) in [7, 11) is 0. The molecule has 4 aromatic carbocycles. The number of hydrogen-bond donors (Lipinski definition) is 2. The number of benzene rings is 4. The number of hydrogen-bond acceptors (Lipinski definition) is 3. The van der Waals surface area contributed by atoms with E-state index in [9.17, 15) is 18.8 Å². The van der Waals surface area contributed by atoms with E-state index in [1.807, 2.05) is 72.8 Å². The fraction of sp³-hybridized carbons (Fsp3) is 0.129. The average Bonchev–Trinajstić information content (AvgIpc) is 2.92. The van der Waals surface area contributed by atoms with E-state index in [-0.39, 0.29) is 18.6 Å². The Bertz CT molecular complexity index is 1350. The minimum absolute atomic E-state index is 0.0417. The van der Waals surface area contributed by atoms with Crippen LogP contribution in [-0.4, -0.2) is 27.9 Å². The van der Waals surface area contributed by atoms with Crippen LogP contribution < -0.4 is 0 Å². The quantitative estimate of drug-likeness (QED) is 0.253. The molecule has 0 aliphatic carbocycles. The van der Waals surface area contributed by atoms with Crippen LogP contribution in [0.15, 0.2) is 103 Å². The molecule has 188 valence electrons. The van der Waals surface area contributed by atoms with Crippen molar-refractivity contribution in [2.75, 3.05) is 0 Å². The number of ketones is 1. The molecule has 5 nitrogen and oxygen atoms in total. The summed E-state index contributed by atoms with van der Waals surface area (Å²) < 4.78 is 14.0. The molecule has 0 saturated carbocycles. The van der Waals surface area contributed by atoms with Crippen molar-refractivity contribution in [2.45, 2.75) is 25.7 Å². The molecule has 4 aromatic rings. The predicted molar refractivity (Wildman–Crippen MR) is 141 cm³/mol. The van der Waals surface area contributed by atoms with Gasteiger partial charge in [0.2, 0.25) is 0 Å². The molecule has 0 radical (unpaired) electrons. The van der Waals surface area contributed by atoms with Gasteiger partial charge in [0, 0.05) is 17.5 Å². The Morgan fingerprint density at radius 3 is 1.76 bits per heavy atom. The molecule has 0 spiro atoms. The highest BCUT2D eigenvalue weighted by atomic mass is 19.1. The van der Waals surface area contributed by atoms with Gasteiger partial charge in [-0.05, 0) is 35.2 Å². The first kappa shape index (κ1) is 27.0. The van der Waals surface area contributed by atoms with Crippen molar-refractivity contribution in [1.82, 2.24) is 0 Å². The average molecular weight is 499 g/mol. The normalized spacial score (nSPS) is 11.1. The Morgan fingerprint density at radius 1 is 0.703 bits per heavy atom. The summed E-state index contributed by atoms with van der Waals surface area (Å²) in [5, 5.41) is 17.4. The van der Waals surface area contributed by atoms with Crippen LogP contribution in [-0.2, 0) is 9.59 Å². The van der Waals surface area contributed by atoms with Crippen molar-refractivity contribution < 1.29 is 29.0 Å². The van der Waals surface area contributed by atoms with Crippen molar-refractivity contribution >= 4 is 17.7 Å². The van der Waals surface area contributed by atoms with Crippen molar-refractivity contribution in [3.63, 3.8) is 0 Å². The third-order valence-corrected chi connectivity index (χ3v) is 5.83. The molecule has 6 heteroatoms. The van der Waals surface area contributed by atoms with E-state index in [0.717, 1.165) is 16.7 Å². The first-order valence-electron chi connectivity index (χ1n) is 11.7. The zero-order valence-corrected chi connectivity index (χ0v) is 20.3. The van der Waals surface area contributed by atoms with Crippen molar-refractivity contribution in [2.24, 2.45) is 0 Å². The molecule has 0 bridgehead atoms. The standard InChI is InChI=1S/C16H14O3.C15H13FO2/c17-15(10-11-16(18)19)14-8-6-13(7-9-14)12-4-2-1-3-5-12;1-10(15(17)18)12-7-8-13(14(16)9-12)11-5-3-2-4-6-11/h1-9H,10-11H2,(H,18,19);2-10H,1H3,(H,17,18). The van der Waals surface area contributed by atoms with Gasteiger partial charge in [0.1, 0.15) is 5.82 Å². The Balaban J connectivity index is 0.000000206. The van der Waals surface area contributed by atoms with Crippen molar-refractivity contribution in [3.8, 4) is 22.3 Å². The molecule has 0 heterocycles. The summed E-state index contributed by atoms with van der Waals surface area (Å²) in [6.07, 6.45) is -0.0840. The molecule has 2 N–H and O–H groups in total. The molecule has 0 amide bonds. The summed E-state index contributed by atoms with van der Waals surface area (Å²) in [5.41, 5.74) is 4.42. The van der Waals surface area contributed by atoms with Gasteiger partial charge >= 0.3 is 11.9 Å². The lowest BCUT2D eigenvalue weighted by Crippen LogP contribution is -2.07. The fourth-order valence-electron chi connectivity index (χ4n) is 3.64. The zero-order chi connectivity index (χ0) is 26.8.